The van der Waals surface area contributed by atoms with Crippen LogP contribution in [0.25, 0.3) is 0 Å². The van der Waals surface area contributed by atoms with Crippen LogP contribution in [0.1, 0.15) is 49.9 Å². The number of nitrogens with zero attached hydrogens (tertiary/aromatic N) is 2. The molecule has 4 aliphatic rings. The van der Waals surface area contributed by atoms with Gasteiger partial charge < -0.3 is 25.6 Å². The van der Waals surface area contributed by atoms with Crippen LogP contribution < -0.4 is 15.8 Å². The van der Waals surface area contributed by atoms with Gasteiger partial charge in [0, 0.05) is 47.0 Å². The first-order valence-electron chi connectivity index (χ1n) is 13.4. The maximum absolute atomic E-state index is 13.8. The summed E-state index contributed by atoms with van der Waals surface area (Å²) in [4.78, 5) is 44.6. The van der Waals surface area contributed by atoms with Crippen LogP contribution in [0.15, 0.2) is 28.5 Å². The van der Waals surface area contributed by atoms with Crippen LogP contribution in [0.4, 0.5) is 0 Å². The summed E-state index contributed by atoms with van der Waals surface area (Å²) in [5.41, 5.74) is 9.66. The van der Waals surface area contributed by atoms with Crippen LogP contribution in [0.5, 0.6) is 11.5 Å². The van der Waals surface area contributed by atoms with E-state index in [9.17, 15) is 19.5 Å². The summed E-state index contributed by atoms with van der Waals surface area (Å²) in [6.07, 6.45) is 1.03. The molecule has 39 heavy (non-hydrogen) atoms. The van der Waals surface area contributed by atoms with E-state index in [4.69, 9.17) is 15.2 Å². The van der Waals surface area contributed by atoms with Crippen LogP contribution in [0.3, 0.4) is 0 Å². The number of phenolic OH excluding ortho intramolecular Hbond substituents is 1. The lowest BCUT2D eigenvalue weighted by Gasteiger charge is -2.61. The fraction of sp³-hybridized carbons (Fsp3) is 0.552. The monoisotopic (exact) mass is 538 g/mol. The predicted molar refractivity (Wildman–Crippen MR) is 144 cm³/mol. The average Bonchev–Trinajstić information content (AvgIpc) is 2.88. The highest BCUT2D eigenvalue weighted by Gasteiger charge is 2.56. The third kappa shape index (κ3) is 3.91. The summed E-state index contributed by atoms with van der Waals surface area (Å²) in [6.45, 7) is 7.39. The molecule has 1 aromatic rings. The van der Waals surface area contributed by atoms with Crippen molar-refractivity contribution in [1.29, 1.82) is 0 Å². The number of rotatable bonds is 5. The molecule has 0 unspecified atom stereocenters. The largest absolute Gasteiger partial charge is 0.504 e. The lowest BCUT2D eigenvalue weighted by molar-refractivity contribution is -0.125. The molecule has 1 fully saturated rings. The molecule has 0 aromatic heterocycles. The van der Waals surface area contributed by atoms with Gasteiger partial charge in [0.2, 0.25) is 11.7 Å². The molecule has 3 heterocycles. The maximum Gasteiger partial charge on any atom is 0.236 e. The highest BCUT2D eigenvalue weighted by atomic mass is 16.5. The molecule has 4 N–H and O–H groups in total. The number of aromatic hydroxyl groups is 1. The number of likely N-dealkylation sites (N-methyl/N-ethyl adjacent to an activating group) is 1. The van der Waals surface area contributed by atoms with E-state index in [1.54, 1.807) is 21.0 Å². The van der Waals surface area contributed by atoms with E-state index in [0.717, 1.165) is 16.7 Å². The Labute approximate surface area is 228 Å². The number of carbonyl (C=O) groups is 3. The van der Waals surface area contributed by atoms with Crippen molar-refractivity contribution in [3.63, 3.8) is 0 Å². The number of phenols is 1. The first-order chi connectivity index (χ1) is 18.4. The number of nitrogens with one attached hydrogen (secondary N) is 1. The van der Waals surface area contributed by atoms with Crippen molar-refractivity contribution in [2.45, 2.75) is 76.8 Å². The number of benzene rings is 1. The molecular weight excluding hydrogens is 500 g/mol. The van der Waals surface area contributed by atoms with Gasteiger partial charge in [0.15, 0.2) is 23.0 Å². The zero-order chi connectivity index (χ0) is 28.5. The van der Waals surface area contributed by atoms with Crippen LogP contribution in [0, 0.1) is 6.92 Å². The van der Waals surface area contributed by atoms with Crippen molar-refractivity contribution in [2.24, 2.45) is 5.73 Å². The molecule has 210 valence electrons. The molecule has 5 rings (SSSR count). The fourth-order valence-electron chi connectivity index (χ4n) is 7.38. The lowest BCUT2D eigenvalue weighted by atomic mass is 9.69. The molecule has 0 saturated carbocycles. The Balaban J connectivity index is 1.69. The van der Waals surface area contributed by atoms with Crippen molar-refractivity contribution in [1.82, 2.24) is 15.1 Å². The second-order valence-electron chi connectivity index (χ2n) is 11.2. The zero-order valence-electron chi connectivity index (χ0n) is 23.6. The SMILES string of the molecule is COC1=C(C)C(=O)C2=C(C1=O)[C@H](CNC(=O)[C@H](C)N)N1[C@@H](C)[C@@H]3Cc4cc(C)c(OC)c(O)c4[C@H]([C@@H]1C2)N3C. The second kappa shape index (κ2) is 9.76. The number of allylic oxidation sites excluding steroid dienone is 2. The highest BCUT2D eigenvalue weighted by molar-refractivity contribution is 6.25. The van der Waals surface area contributed by atoms with Gasteiger partial charge in [-0.25, -0.2) is 0 Å². The minimum Gasteiger partial charge on any atom is -0.504 e. The number of methoxy groups -OCH3 is 2. The first kappa shape index (κ1) is 27.4. The number of hydrogen-bond donors (Lipinski definition) is 3. The molecule has 1 aliphatic carbocycles. The van der Waals surface area contributed by atoms with Crippen LogP contribution in [-0.2, 0) is 25.5 Å². The molecule has 1 saturated heterocycles. The van der Waals surface area contributed by atoms with Crippen molar-refractivity contribution >= 4 is 17.5 Å². The topological polar surface area (TPSA) is 134 Å². The quantitative estimate of drug-likeness (QED) is 0.474. The number of Topliss-reactive ketones (excluding diaryl/α,β-unsaturated/α-hetero) is 2. The van der Waals surface area contributed by atoms with E-state index in [0.29, 0.717) is 29.7 Å². The van der Waals surface area contributed by atoms with Gasteiger partial charge in [-0.15, -0.1) is 0 Å². The van der Waals surface area contributed by atoms with Crippen LogP contribution in [-0.4, -0.2) is 90.4 Å². The van der Waals surface area contributed by atoms with E-state index in [1.807, 2.05) is 6.92 Å². The summed E-state index contributed by atoms with van der Waals surface area (Å²) in [5, 5.41) is 14.3. The third-order valence-corrected chi connectivity index (χ3v) is 9.16. The normalized spacial score (nSPS) is 29.5. The molecule has 3 aliphatic heterocycles. The smallest absolute Gasteiger partial charge is 0.236 e. The number of carbonyl (C=O) groups excluding carboxylic acids is 3. The lowest BCUT2D eigenvalue weighted by Crippen LogP contribution is -2.71. The van der Waals surface area contributed by atoms with Crippen molar-refractivity contribution in [3.05, 3.63) is 45.2 Å². The van der Waals surface area contributed by atoms with Crippen LogP contribution >= 0.6 is 0 Å². The Morgan fingerprint density at radius 1 is 1.18 bits per heavy atom. The Morgan fingerprint density at radius 3 is 2.49 bits per heavy atom. The van der Waals surface area contributed by atoms with Gasteiger partial charge in [-0.3, -0.25) is 24.2 Å². The summed E-state index contributed by atoms with van der Waals surface area (Å²) in [7, 11) is 4.99. The van der Waals surface area contributed by atoms with Gasteiger partial charge in [-0.2, -0.15) is 0 Å². The van der Waals surface area contributed by atoms with Gasteiger partial charge in [0.1, 0.15) is 0 Å². The van der Waals surface area contributed by atoms with Gasteiger partial charge >= 0.3 is 0 Å². The number of nitrogens with two attached hydrogens (primary N) is 1. The first-order valence-corrected chi connectivity index (χ1v) is 13.4. The van der Waals surface area contributed by atoms with Gasteiger partial charge in [-0.05, 0) is 58.7 Å². The Bertz CT molecular complexity index is 1330. The molecule has 10 nitrogen and oxygen atoms in total. The van der Waals surface area contributed by atoms with Gasteiger partial charge in [-0.1, -0.05) is 6.07 Å². The number of amides is 1. The third-order valence-electron chi connectivity index (χ3n) is 9.16. The molecule has 1 aromatic carbocycles. The number of fused-ring (bicyclic) bond motifs is 6. The Kier molecular flexibility index (Phi) is 6.85. The molecule has 10 heteroatoms. The second-order valence-corrected chi connectivity index (χ2v) is 11.2. The molecule has 0 spiro atoms. The Hall–Kier alpha value is -3.21. The summed E-state index contributed by atoms with van der Waals surface area (Å²) < 4.78 is 11.0. The molecule has 6 atom stereocenters. The van der Waals surface area contributed by atoms with Crippen molar-refractivity contribution in [2.75, 3.05) is 27.8 Å². The Morgan fingerprint density at radius 2 is 1.87 bits per heavy atom. The number of piperazine rings is 1. The fourth-order valence-corrected chi connectivity index (χ4v) is 7.38. The molecular formula is C29H38N4O6. The summed E-state index contributed by atoms with van der Waals surface area (Å²) in [6, 6.07) is 0.339. The predicted octanol–water partition coefficient (Wildman–Crippen LogP) is 1.28. The average molecular weight is 539 g/mol. The van der Waals surface area contributed by atoms with Gasteiger partial charge in [0.25, 0.3) is 0 Å². The van der Waals surface area contributed by atoms with E-state index in [-0.39, 0.29) is 65.3 Å². The summed E-state index contributed by atoms with van der Waals surface area (Å²) >= 11 is 0. The van der Waals surface area contributed by atoms with E-state index in [2.05, 4.69) is 35.2 Å². The minimum absolute atomic E-state index is 0.0268. The molecule has 1 amide bonds. The van der Waals surface area contributed by atoms with Crippen molar-refractivity contribution < 1.29 is 29.0 Å². The molecule has 0 radical (unpaired) electrons. The number of hydrogen-bond acceptors (Lipinski definition) is 9. The van der Waals surface area contributed by atoms with Gasteiger partial charge in [0.05, 0.1) is 32.3 Å². The zero-order valence-corrected chi connectivity index (χ0v) is 23.6. The van der Waals surface area contributed by atoms with E-state index >= 15 is 0 Å². The van der Waals surface area contributed by atoms with Crippen LogP contribution in [0.2, 0.25) is 0 Å². The minimum atomic E-state index is -0.720. The standard InChI is InChI=1S/C29H38N4O6/c1-12-8-16-9-18-15(4)33-19(23(32(18)5)21(16)25(35)27(12)38-6)10-17-22(20(33)11-31-29(37)14(3)30)26(36)28(39-7)13(2)24(17)34/h8,14-15,18-20,23,35H,9-11,30H2,1-7H3,(H,31,37)/t14-,15-,18-,19-,20-,23-/m0/s1. The maximum atomic E-state index is 13.8. The van der Waals surface area contributed by atoms with E-state index in [1.165, 1.54) is 7.11 Å². The number of ketones is 2. The van der Waals surface area contributed by atoms with Crippen molar-refractivity contribution in [3.8, 4) is 11.5 Å². The number of ether oxygens (including phenoxy) is 2. The summed E-state index contributed by atoms with van der Waals surface area (Å²) in [5.74, 6) is -0.273. The number of aryl methyl sites for hydroxylation is 1. The molecule has 2 bridgehead atoms. The highest BCUT2D eigenvalue weighted by Crippen LogP contribution is 2.53. The van der Waals surface area contributed by atoms with E-state index < -0.39 is 12.1 Å².